The summed E-state index contributed by atoms with van der Waals surface area (Å²) in [6.07, 6.45) is 6.44. The van der Waals surface area contributed by atoms with Crippen LogP contribution in [0.5, 0.6) is 0 Å². The Morgan fingerprint density at radius 3 is 2.47 bits per heavy atom. The molecule has 3 heteroatoms. The molecule has 1 saturated carbocycles. The standard InChI is InChI=1S/C12H22N2S/c1-2-11(6-12(13)15)14-7-9-4-3-5-10(9)8-14/h9-11H,2-8H2,1H3,(H2,13,15). The van der Waals surface area contributed by atoms with Gasteiger partial charge in [-0.2, -0.15) is 0 Å². The molecular weight excluding hydrogens is 204 g/mol. The highest BCUT2D eigenvalue weighted by atomic mass is 32.1. The second kappa shape index (κ2) is 4.79. The van der Waals surface area contributed by atoms with Crippen LogP contribution in [0.3, 0.4) is 0 Å². The van der Waals surface area contributed by atoms with Gasteiger partial charge in [0, 0.05) is 25.6 Å². The van der Waals surface area contributed by atoms with E-state index in [2.05, 4.69) is 11.8 Å². The Morgan fingerprint density at radius 2 is 2.00 bits per heavy atom. The van der Waals surface area contributed by atoms with E-state index in [1.54, 1.807) is 0 Å². The minimum absolute atomic E-state index is 0.605. The zero-order valence-corrected chi connectivity index (χ0v) is 10.4. The van der Waals surface area contributed by atoms with Crippen molar-refractivity contribution in [2.24, 2.45) is 17.6 Å². The van der Waals surface area contributed by atoms with Crippen molar-refractivity contribution >= 4 is 17.2 Å². The number of likely N-dealkylation sites (tertiary alicyclic amines) is 1. The van der Waals surface area contributed by atoms with Crippen LogP contribution in [-0.2, 0) is 0 Å². The fourth-order valence-electron chi connectivity index (χ4n) is 3.33. The van der Waals surface area contributed by atoms with Crippen LogP contribution >= 0.6 is 12.2 Å². The van der Waals surface area contributed by atoms with Gasteiger partial charge in [-0.1, -0.05) is 25.6 Å². The summed E-state index contributed by atoms with van der Waals surface area (Å²) in [5.41, 5.74) is 5.66. The molecule has 0 bridgehead atoms. The summed E-state index contributed by atoms with van der Waals surface area (Å²) < 4.78 is 0. The lowest BCUT2D eigenvalue weighted by Gasteiger charge is -2.27. The molecular formula is C12H22N2S. The SMILES string of the molecule is CCC(CC(N)=S)N1CC2CCCC2C1. The van der Waals surface area contributed by atoms with E-state index >= 15 is 0 Å². The molecule has 1 heterocycles. The predicted octanol–water partition coefficient (Wildman–Crippen LogP) is 2.17. The van der Waals surface area contributed by atoms with E-state index in [4.69, 9.17) is 18.0 Å². The van der Waals surface area contributed by atoms with Gasteiger partial charge < -0.3 is 5.73 Å². The summed E-state index contributed by atoms with van der Waals surface area (Å²) in [5.74, 6) is 1.95. The van der Waals surface area contributed by atoms with Crippen molar-refractivity contribution in [2.45, 2.75) is 45.1 Å². The molecule has 2 fully saturated rings. The molecule has 86 valence electrons. The van der Waals surface area contributed by atoms with Gasteiger partial charge in [0.05, 0.1) is 4.99 Å². The molecule has 15 heavy (non-hydrogen) atoms. The molecule has 2 nitrogen and oxygen atoms in total. The molecule has 0 amide bonds. The Balaban J connectivity index is 1.90. The highest BCUT2D eigenvalue weighted by Gasteiger charge is 2.38. The highest BCUT2D eigenvalue weighted by Crippen LogP contribution is 2.39. The smallest absolute Gasteiger partial charge is 0.0743 e. The number of nitrogens with zero attached hydrogens (tertiary/aromatic N) is 1. The Labute approximate surface area is 98.2 Å². The molecule has 1 saturated heterocycles. The monoisotopic (exact) mass is 226 g/mol. The molecule has 0 radical (unpaired) electrons. The van der Waals surface area contributed by atoms with E-state index in [9.17, 15) is 0 Å². The number of hydrogen-bond donors (Lipinski definition) is 1. The Bertz CT molecular complexity index is 230. The molecule has 0 spiro atoms. The highest BCUT2D eigenvalue weighted by molar-refractivity contribution is 7.80. The lowest BCUT2D eigenvalue weighted by molar-refractivity contribution is 0.224. The second-order valence-electron chi connectivity index (χ2n) is 5.14. The minimum atomic E-state index is 0.605. The van der Waals surface area contributed by atoms with Gasteiger partial charge in [0.1, 0.15) is 0 Å². The van der Waals surface area contributed by atoms with Crippen molar-refractivity contribution in [3.63, 3.8) is 0 Å². The van der Waals surface area contributed by atoms with Gasteiger partial charge in [-0.25, -0.2) is 0 Å². The van der Waals surface area contributed by atoms with Crippen molar-refractivity contribution in [3.05, 3.63) is 0 Å². The van der Waals surface area contributed by atoms with Gasteiger partial charge in [0.15, 0.2) is 0 Å². The first-order valence-electron chi connectivity index (χ1n) is 6.23. The summed E-state index contributed by atoms with van der Waals surface area (Å²) in [7, 11) is 0. The third kappa shape index (κ3) is 2.51. The summed E-state index contributed by atoms with van der Waals surface area (Å²) in [4.78, 5) is 3.31. The van der Waals surface area contributed by atoms with Gasteiger partial charge in [-0.05, 0) is 31.1 Å². The van der Waals surface area contributed by atoms with Gasteiger partial charge in [-0.3, -0.25) is 4.90 Å². The lowest BCUT2D eigenvalue weighted by atomic mass is 10.0. The first-order chi connectivity index (χ1) is 7.20. The summed E-state index contributed by atoms with van der Waals surface area (Å²) in [6.45, 7) is 4.84. The normalized spacial score (nSPS) is 32.9. The average molecular weight is 226 g/mol. The van der Waals surface area contributed by atoms with E-state index in [0.717, 1.165) is 18.3 Å². The van der Waals surface area contributed by atoms with Crippen molar-refractivity contribution in [1.29, 1.82) is 0 Å². The molecule has 1 aliphatic heterocycles. The lowest BCUT2D eigenvalue weighted by Crippen LogP contribution is -2.36. The van der Waals surface area contributed by atoms with Crippen LogP contribution in [0.4, 0.5) is 0 Å². The van der Waals surface area contributed by atoms with Crippen LogP contribution in [-0.4, -0.2) is 29.0 Å². The van der Waals surface area contributed by atoms with Gasteiger partial charge in [0.25, 0.3) is 0 Å². The molecule has 2 rings (SSSR count). The van der Waals surface area contributed by atoms with E-state index in [-0.39, 0.29) is 0 Å². The van der Waals surface area contributed by atoms with Crippen molar-refractivity contribution in [2.75, 3.05) is 13.1 Å². The van der Waals surface area contributed by atoms with Crippen LogP contribution in [0.15, 0.2) is 0 Å². The van der Waals surface area contributed by atoms with Gasteiger partial charge in [0.2, 0.25) is 0 Å². The molecule has 0 aromatic rings. The van der Waals surface area contributed by atoms with Crippen LogP contribution in [0.25, 0.3) is 0 Å². The zero-order valence-electron chi connectivity index (χ0n) is 9.61. The maximum Gasteiger partial charge on any atom is 0.0743 e. The maximum atomic E-state index is 5.66. The van der Waals surface area contributed by atoms with Crippen molar-refractivity contribution < 1.29 is 0 Å². The van der Waals surface area contributed by atoms with E-state index in [1.807, 2.05) is 0 Å². The quantitative estimate of drug-likeness (QED) is 0.745. The number of hydrogen-bond acceptors (Lipinski definition) is 2. The van der Waals surface area contributed by atoms with E-state index in [0.29, 0.717) is 11.0 Å². The zero-order chi connectivity index (χ0) is 10.8. The maximum absolute atomic E-state index is 5.66. The summed E-state index contributed by atoms with van der Waals surface area (Å²) in [6, 6.07) is 0.605. The first-order valence-corrected chi connectivity index (χ1v) is 6.64. The Hall–Kier alpha value is -0.150. The Morgan fingerprint density at radius 1 is 1.40 bits per heavy atom. The number of nitrogens with two attached hydrogens (primary N) is 1. The third-order valence-electron chi connectivity index (χ3n) is 4.18. The topological polar surface area (TPSA) is 29.3 Å². The fraction of sp³-hybridized carbons (Fsp3) is 0.917. The number of thiocarbonyl (C=S) groups is 1. The summed E-state index contributed by atoms with van der Waals surface area (Å²) in [5, 5.41) is 0. The Kier molecular flexibility index (Phi) is 3.62. The molecule has 0 aromatic carbocycles. The predicted molar refractivity (Wildman–Crippen MR) is 67.9 cm³/mol. The fourth-order valence-corrected chi connectivity index (χ4v) is 3.53. The third-order valence-corrected chi connectivity index (χ3v) is 4.35. The van der Waals surface area contributed by atoms with Gasteiger partial charge >= 0.3 is 0 Å². The molecule has 3 unspecified atom stereocenters. The van der Waals surface area contributed by atoms with Crippen LogP contribution in [0, 0.1) is 11.8 Å². The molecule has 1 aliphatic carbocycles. The second-order valence-corrected chi connectivity index (χ2v) is 5.66. The average Bonchev–Trinajstić information content (AvgIpc) is 2.72. The summed E-state index contributed by atoms with van der Waals surface area (Å²) >= 11 is 5.03. The van der Waals surface area contributed by atoms with Crippen LogP contribution < -0.4 is 5.73 Å². The molecule has 3 atom stereocenters. The number of fused-ring (bicyclic) bond motifs is 1. The van der Waals surface area contributed by atoms with Gasteiger partial charge in [-0.15, -0.1) is 0 Å². The van der Waals surface area contributed by atoms with Crippen molar-refractivity contribution in [3.8, 4) is 0 Å². The van der Waals surface area contributed by atoms with Crippen LogP contribution in [0.2, 0.25) is 0 Å². The largest absolute Gasteiger partial charge is 0.393 e. The molecule has 2 aliphatic rings. The minimum Gasteiger partial charge on any atom is -0.393 e. The van der Waals surface area contributed by atoms with E-state index in [1.165, 1.54) is 38.8 Å². The number of rotatable bonds is 4. The van der Waals surface area contributed by atoms with Crippen molar-refractivity contribution in [1.82, 2.24) is 4.90 Å². The molecule has 0 aromatic heterocycles. The first kappa shape index (κ1) is 11.3. The molecule has 2 N–H and O–H groups in total. The van der Waals surface area contributed by atoms with E-state index < -0.39 is 0 Å². The van der Waals surface area contributed by atoms with Crippen LogP contribution in [0.1, 0.15) is 39.0 Å².